The first-order valence-corrected chi connectivity index (χ1v) is 4.79. The van der Waals surface area contributed by atoms with Crippen LogP contribution in [0.2, 0.25) is 0 Å². The molecule has 0 saturated heterocycles. The Bertz CT molecular complexity index is 399. The fourth-order valence-electron chi connectivity index (χ4n) is 1.32. The van der Waals surface area contributed by atoms with E-state index >= 15 is 0 Å². The molecule has 80 valence electrons. The van der Waals surface area contributed by atoms with Gasteiger partial charge >= 0.3 is 5.97 Å². The highest BCUT2D eigenvalue weighted by Crippen LogP contribution is 2.16. The first-order valence-electron chi connectivity index (χ1n) is 4.38. The van der Waals surface area contributed by atoms with Crippen LogP contribution in [0.25, 0.3) is 0 Å². The number of carbonyl (C=O) groups is 1. The highest BCUT2D eigenvalue weighted by molar-refractivity contribution is 7.80. The van der Waals surface area contributed by atoms with Crippen LogP contribution in [0.1, 0.15) is 21.5 Å². The third-order valence-corrected chi connectivity index (χ3v) is 2.45. The highest BCUT2D eigenvalue weighted by Gasteiger charge is 2.17. The molecule has 0 aliphatic heterocycles. The maximum absolute atomic E-state index is 11.5. The van der Waals surface area contributed by atoms with Crippen LogP contribution >= 0.6 is 12.2 Å². The van der Waals surface area contributed by atoms with E-state index in [4.69, 9.17) is 21.7 Å². The smallest absolute Gasteiger partial charge is 0.338 e. The number of esters is 1. The second-order valence-electron chi connectivity index (χ2n) is 2.98. The fourth-order valence-corrected chi connectivity index (χ4v) is 1.49. The van der Waals surface area contributed by atoms with Crippen LogP contribution < -0.4 is 0 Å². The van der Waals surface area contributed by atoms with Gasteiger partial charge in [-0.15, -0.1) is 0 Å². The van der Waals surface area contributed by atoms with E-state index in [0.29, 0.717) is 16.2 Å². The van der Waals surface area contributed by atoms with Gasteiger partial charge in [0, 0.05) is 5.56 Å². The van der Waals surface area contributed by atoms with Crippen LogP contribution in [0.5, 0.6) is 0 Å². The molecule has 0 radical (unpaired) electrons. The standard InChI is InChI=1S/C11H12O3S/c1-7-5-4-6-8(11(15)14-3)9(7)10(12)13-2/h4-6H,1-3H3. The molecule has 0 aliphatic carbocycles. The van der Waals surface area contributed by atoms with Crippen molar-refractivity contribution in [2.24, 2.45) is 0 Å². The van der Waals surface area contributed by atoms with Crippen LogP contribution in [-0.2, 0) is 9.47 Å². The van der Waals surface area contributed by atoms with E-state index in [1.165, 1.54) is 14.2 Å². The van der Waals surface area contributed by atoms with Crippen LogP contribution in [0.3, 0.4) is 0 Å². The van der Waals surface area contributed by atoms with Crippen LogP contribution in [0.4, 0.5) is 0 Å². The average molecular weight is 224 g/mol. The summed E-state index contributed by atoms with van der Waals surface area (Å²) in [4.78, 5) is 11.5. The molecular formula is C11H12O3S. The van der Waals surface area contributed by atoms with Gasteiger partial charge in [0.2, 0.25) is 0 Å². The van der Waals surface area contributed by atoms with Gasteiger partial charge in [0.15, 0.2) is 5.05 Å². The summed E-state index contributed by atoms with van der Waals surface area (Å²) in [5.41, 5.74) is 1.88. The van der Waals surface area contributed by atoms with Gasteiger partial charge in [-0.2, -0.15) is 0 Å². The van der Waals surface area contributed by atoms with Crippen LogP contribution in [0.15, 0.2) is 18.2 Å². The number of carbonyl (C=O) groups excluding carboxylic acids is 1. The second-order valence-corrected chi connectivity index (χ2v) is 3.35. The second kappa shape index (κ2) is 4.89. The van der Waals surface area contributed by atoms with Crippen molar-refractivity contribution < 1.29 is 14.3 Å². The molecular weight excluding hydrogens is 212 g/mol. The Hall–Kier alpha value is -1.42. The van der Waals surface area contributed by atoms with Crippen molar-refractivity contribution in [2.45, 2.75) is 6.92 Å². The lowest BCUT2D eigenvalue weighted by Gasteiger charge is -2.10. The Balaban J connectivity index is 3.32. The van der Waals surface area contributed by atoms with Crippen molar-refractivity contribution in [3.63, 3.8) is 0 Å². The lowest BCUT2D eigenvalue weighted by Crippen LogP contribution is -2.12. The summed E-state index contributed by atoms with van der Waals surface area (Å²) >= 11 is 5.01. The summed E-state index contributed by atoms with van der Waals surface area (Å²) in [6, 6.07) is 5.39. The van der Waals surface area contributed by atoms with Crippen molar-refractivity contribution in [1.29, 1.82) is 0 Å². The normalized spacial score (nSPS) is 9.53. The minimum atomic E-state index is -0.400. The van der Waals surface area contributed by atoms with Gasteiger partial charge in [-0.05, 0) is 30.8 Å². The largest absolute Gasteiger partial charge is 0.486 e. The molecule has 0 atom stereocenters. The van der Waals surface area contributed by atoms with Crippen molar-refractivity contribution in [2.75, 3.05) is 14.2 Å². The zero-order valence-corrected chi connectivity index (χ0v) is 9.68. The summed E-state index contributed by atoms with van der Waals surface area (Å²) in [5.74, 6) is -0.400. The minimum Gasteiger partial charge on any atom is -0.486 e. The molecule has 4 heteroatoms. The Labute approximate surface area is 94.0 Å². The monoisotopic (exact) mass is 224 g/mol. The molecule has 0 bridgehead atoms. The lowest BCUT2D eigenvalue weighted by molar-refractivity contribution is 0.0599. The number of aryl methyl sites for hydroxylation is 1. The molecule has 0 fully saturated rings. The number of hydrogen-bond acceptors (Lipinski definition) is 4. The van der Waals surface area contributed by atoms with E-state index in [-0.39, 0.29) is 0 Å². The lowest BCUT2D eigenvalue weighted by atomic mass is 10.0. The van der Waals surface area contributed by atoms with E-state index in [1.54, 1.807) is 6.07 Å². The van der Waals surface area contributed by atoms with E-state index in [2.05, 4.69) is 0 Å². The fraction of sp³-hybridized carbons (Fsp3) is 0.273. The molecule has 0 saturated carbocycles. The Morgan fingerprint density at radius 2 is 1.93 bits per heavy atom. The van der Waals surface area contributed by atoms with Gasteiger partial charge in [0.25, 0.3) is 0 Å². The highest BCUT2D eigenvalue weighted by atomic mass is 32.1. The van der Waals surface area contributed by atoms with Crippen molar-refractivity contribution >= 4 is 23.2 Å². The molecule has 0 aliphatic rings. The zero-order valence-electron chi connectivity index (χ0n) is 8.87. The van der Waals surface area contributed by atoms with E-state index in [9.17, 15) is 4.79 Å². The predicted octanol–water partition coefficient (Wildman–Crippen LogP) is 2.10. The molecule has 0 heterocycles. The van der Waals surface area contributed by atoms with Crippen molar-refractivity contribution in [3.05, 3.63) is 34.9 Å². The summed E-state index contributed by atoms with van der Waals surface area (Å²) in [6.45, 7) is 1.83. The molecule has 0 amide bonds. The molecule has 3 nitrogen and oxygen atoms in total. The van der Waals surface area contributed by atoms with Gasteiger partial charge in [0.1, 0.15) is 0 Å². The van der Waals surface area contributed by atoms with Crippen LogP contribution in [0, 0.1) is 6.92 Å². The summed E-state index contributed by atoms with van der Waals surface area (Å²) in [5, 5.41) is 0.291. The number of rotatable bonds is 2. The zero-order chi connectivity index (χ0) is 11.4. The first kappa shape index (κ1) is 11.7. The molecule has 0 aromatic heterocycles. The number of hydrogen-bond donors (Lipinski definition) is 0. The van der Waals surface area contributed by atoms with Gasteiger partial charge in [-0.3, -0.25) is 0 Å². The summed E-state index contributed by atoms with van der Waals surface area (Å²) < 4.78 is 9.65. The third kappa shape index (κ3) is 2.33. The Morgan fingerprint density at radius 3 is 2.47 bits per heavy atom. The predicted molar refractivity (Wildman–Crippen MR) is 61.2 cm³/mol. The van der Waals surface area contributed by atoms with E-state index in [0.717, 1.165) is 5.56 Å². The maximum atomic E-state index is 11.5. The summed E-state index contributed by atoms with van der Waals surface area (Å²) in [7, 11) is 2.82. The van der Waals surface area contributed by atoms with Gasteiger partial charge < -0.3 is 9.47 Å². The molecule has 1 aromatic rings. The van der Waals surface area contributed by atoms with Gasteiger partial charge in [-0.1, -0.05) is 12.1 Å². The van der Waals surface area contributed by atoms with Gasteiger partial charge in [0.05, 0.1) is 19.8 Å². The average Bonchev–Trinajstić information content (AvgIpc) is 2.26. The SMILES string of the molecule is COC(=O)c1c(C)cccc1C(=S)OC. The molecule has 0 unspecified atom stereocenters. The van der Waals surface area contributed by atoms with Crippen molar-refractivity contribution in [1.82, 2.24) is 0 Å². The quantitative estimate of drug-likeness (QED) is 0.569. The maximum Gasteiger partial charge on any atom is 0.338 e. The molecule has 0 spiro atoms. The first-order chi connectivity index (χ1) is 7.11. The topological polar surface area (TPSA) is 35.5 Å². The number of methoxy groups -OCH3 is 2. The van der Waals surface area contributed by atoms with E-state index in [1.807, 2.05) is 19.1 Å². The van der Waals surface area contributed by atoms with Crippen molar-refractivity contribution in [3.8, 4) is 0 Å². The molecule has 15 heavy (non-hydrogen) atoms. The molecule has 1 rings (SSSR count). The number of ether oxygens (including phenoxy) is 2. The minimum absolute atomic E-state index is 0.291. The third-order valence-electron chi connectivity index (χ3n) is 2.07. The Kier molecular flexibility index (Phi) is 3.80. The number of thiocarbonyl (C=S) groups is 1. The molecule has 0 N–H and O–H groups in total. The molecule has 1 aromatic carbocycles. The Morgan fingerprint density at radius 1 is 1.27 bits per heavy atom. The van der Waals surface area contributed by atoms with Gasteiger partial charge in [-0.25, -0.2) is 4.79 Å². The van der Waals surface area contributed by atoms with E-state index < -0.39 is 5.97 Å². The van der Waals surface area contributed by atoms with Crippen LogP contribution in [-0.4, -0.2) is 25.2 Å². The summed E-state index contributed by atoms with van der Waals surface area (Å²) in [6.07, 6.45) is 0. The number of benzene rings is 1.